The maximum absolute atomic E-state index is 11.3. The molecule has 0 aliphatic rings. The maximum atomic E-state index is 11.3. The first-order valence-corrected chi connectivity index (χ1v) is 5.79. The van der Waals surface area contributed by atoms with Crippen LogP contribution in [-0.4, -0.2) is 76.0 Å². The third-order valence-electron chi connectivity index (χ3n) is 2.12. The van der Waals surface area contributed by atoms with Crippen LogP contribution < -0.4 is 10.6 Å². The lowest BCUT2D eigenvalue weighted by molar-refractivity contribution is -0.139. The van der Waals surface area contributed by atoms with Crippen molar-refractivity contribution in [2.45, 2.75) is 6.42 Å². The van der Waals surface area contributed by atoms with E-state index < -0.39 is 11.8 Å². The van der Waals surface area contributed by atoms with Gasteiger partial charge >= 0.3 is 11.8 Å². The van der Waals surface area contributed by atoms with E-state index in [-0.39, 0.29) is 0 Å². The second kappa shape index (κ2) is 8.95. The standard InChI is InChI=1S/C11H24N4O2/c1-14(2)8-5-6-12-10(16)11(17)13-7-9-15(3)4/h5-9H2,1-4H3,(H,12,16)(H,13,17). The van der Waals surface area contributed by atoms with Crippen molar-refractivity contribution in [3.8, 4) is 0 Å². The van der Waals surface area contributed by atoms with E-state index in [1.807, 2.05) is 38.0 Å². The maximum Gasteiger partial charge on any atom is 0.309 e. The van der Waals surface area contributed by atoms with E-state index in [4.69, 9.17) is 0 Å². The number of rotatable bonds is 7. The molecule has 0 heterocycles. The summed E-state index contributed by atoms with van der Waals surface area (Å²) in [5.74, 6) is -1.11. The number of nitrogens with zero attached hydrogens (tertiary/aromatic N) is 2. The van der Waals surface area contributed by atoms with Gasteiger partial charge in [0.25, 0.3) is 0 Å². The summed E-state index contributed by atoms with van der Waals surface area (Å²) in [5, 5.41) is 5.15. The Kier molecular flexibility index (Phi) is 8.35. The van der Waals surface area contributed by atoms with Crippen LogP contribution in [0, 0.1) is 0 Å². The van der Waals surface area contributed by atoms with Crippen molar-refractivity contribution >= 4 is 11.8 Å². The molecule has 17 heavy (non-hydrogen) atoms. The first-order chi connectivity index (χ1) is 7.93. The lowest BCUT2D eigenvalue weighted by Gasteiger charge is -2.11. The third-order valence-corrected chi connectivity index (χ3v) is 2.12. The first kappa shape index (κ1) is 15.9. The molecule has 0 bridgehead atoms. The molecule has 0 unspecified atom stereocenters. The molecule has 0 rings (SSSR count). The largest absolute Gasteiger partial charge is 0.348 e. The van der Waals surface area contributed by atoms with Crippen molar-refractivity contribution in [2.75, 3.05) is 54.4 Å². The van der Waals surface area contributed by atoms with Crippen LogP contribution in [-0.2, 0) is 9.59 Å². The van der Waals surface area contributed by atoms with Gasteiger partial charge < -0.3 is 20.4 Å². The Morgan fingerprint density at radius 3 is 1.76 bits per heavy atom. The van der Waals surface area contributed by atoms with Crippen molar-refractivity contribution in [3.05, 3.63) is 0 Å². The number of carbonyl (C=O) groups excluding carboxylic acids is 2. The van der Waals surface area contributed by atoms with E-state index in [2.05, 4.69) is 10.6 Å². The van der Waals surface area contributed by atoms with Crippen molar-refractivity contribution in [1.82, 2.24) is 20.4 Å². The molecule has 0 radical (unpaired) electrons. The van der Waals surface area contributed by atoms with Gasteiger partial charge in [-0.3, -0.25) is 9.59 Å². The fraction of sp³-hybridized carbons (Fsp3) is 0.818. The van der Waals surface area contributed by atoms with E-state index in [0.717, 1.165) is 19.5 Å². The fourth-order valence-electron chi connectivity index (χ4n) is 1.15. The minimum Gasteiger partial charge on any atom is -0.348 e. The summed E-state index contributed by atoms with van der Waals surface area (Å²) < 4.78 is 0. The van der Waals surface area contributed by atoms with Crippen LogP contribution in [0.3, 0.4) is 0 Å². The van der Waals surface area contributed by atoms with E-state index in [0.29, 0.717) is 13.1 Å². The summed E-state index contributed by atoms with van der Waals surface area (Å²) in [5.41, 5.74) is 0. The van der Waals surface area contributed by atoms with Crippen LogP contribution in [0.5, 0.6) is 0 Å². The second-order valence-corrected chi connectivity index (χ2v) is 4.47. The van der Waals surface area contributed by atoms with E-state index in [1.54, 1.807) is 0 Å². The molecule has 0 saturated heterocycles. The highest BCUT2D eigenvalue weighted by Crippen LogP contribution is 1.81. The number of nitrogens with one attached hydrogen (secondary N) is 2. The molecular formula is C11H24N4O2. The predicted octanol–water partition coefficient (Wildman–Crippen LogP) is -1.27. The number of carbonyl (C=O) groups is 2. The Bertz CT molecular complexity index is 242. The summed E-state index contributed by atoms with van der Waals surface area (Å²) in [6.45, 7) is 2.62. The number of hydrogen-bond donors (Lipinski definition) is 2. The van der Waals surface area contributed by atoms with Crippen molar-refractivity contribution in [2.24, 2.45) is 0 Å². The summed E-state index contributed by atoms with van der Waals surface area (Å²) >= 11 is 0. The number of hydrogen-bond acceptors (Lipinski definition) is 4. The Hall–Kier alpha value is -1.14. The van der Waals surface area contributed by atoms with Gasteiger partial charge in [-0.15, -0.1) is 0 Å². The van der Waals surface area contributed by atoms with Crippen molar-refractivity contribution in [1.29, 1.82) is 0 Å². The topological polar surface area (TPSA) is 64.7 Å². The average molecular weight is 244 g/mol. The molecule has 2 amide bonds. The summed E-state index contributed by atoms with van der Waals surface area (Å²) in [7, 11) is 7.76. The molecule has 0 aromatic rings. The molecule has 0 aromatic heterocycles. The molecular weight excluding hydrogens is 220 g/mol. The first-order valence-electron chi connectivity index (χ1n) is 5.79. The lowest BCUT2D eigenvalue weighted by Crippen LogP contribution is -2.42. The zero-order chi connectivity index (χ0) is 13.3. The molecule has 100 valence electrons. The Balaban J connectivity index is 3.57. The molecule has 6 heteroatoms. The molecule has 2 N–H and O–H groups in total. The van der Waals surface area contributed by atoms with E-state index in [9.17, 15) is 9.59 Å². The van der Waals surface area contributed by atoms with Crippen molar-refractivity contribution < 1.29 is 9.59 Å². The van der Waals surface area contributed by atoms with Crippen LogP contribution in [0.15, 0.2) is 0 Å². The predicted molar refractivity (Wildman–Crippen MR) is 67.7 cm³/mol. The highest BCUT2D eigenvalue weighted by molar-refractivity contribution is 6.35. The molecule has 0 aromatic carbocycles. The fourth-order valence-corrected chi connectivity index (χ4v) is 1.15. The molecule has 0 saturated carbocycles. The summed E-state index contributed by atoms with van der Waals surface area (Å²) in [6.07, 6.45) is 0.837. The molecule has 0 spiro atoms. The van der Waals surface area contributed by atoms with Crippen LogP contribution in [0.25, 0.3) is 0 Å². The Morgan fingerprint density at radius 2 is 1.29 bits per heavy atom. The molecule has 0 aliphatic carbocycles. The van der Waals surface area contributed by atoms with E-state index in [1.165, 1.54) is 0 Å². The highest BCUT2D eigenvalue weighted by Gasteiger charge is 2.11. The van der Waals surface area contributed by atoms with Crippen LogP contribution in [0.2, 0.25) is 0 Å². The van der Waals surface area contributed by atoms with Crippen LogP contribution in [0.4, 0.5) is 0 Å². The quantitative estimate of drug-likeness (QED) is 0.433. The molecule has 0 aliphatic heterocycles. The van der Waals surface area contributed by atoms with E-state index >= 15 is 0 Å². The van der Waals surface area contributed by atoms with Gasteiger partial charge in [-0.05, 0) is 41.2 Å². The molecule has 6 nitrogen and oxygen atoms in total. The third kappa shape index (κ3) is 9.77. The van der Waals surface area contributed by atoms with Gasteiger partial charge in [0.1, 0.15) is 0 Å². The smallest absolute Gasteiger partial charge is 0.309 e. The Labute approximate surface area is 103 Å². The SMILES string of the molecule is CN(C)CCCNC(=O)C(=O)NCCN(C)C. The number of amides is 2. The minimum atomic E-state index is -0.559. The van der Waals surface area contributed by atoms with Gasteiger partial charge in [0.15, 0.2) is 0 Å². The van der Waals surface area contributed by atoms with Gasteiger partial charge in [-0.25, -0.2) is 0 Å². The van der Waals surface area contributed by atoms with Gasteiger partial charge in [0.05, 0.1) is 0 Å². The summed E-state index contributed by atoms with van der Waals surface area (Å²) in [4.78, 5) is 26.6. The zero-order valence-electron chi connectivity index (χ0n) is 11.2. The van der Waals surface area contributed by atoms with Crippen molar-refractivity contribution in [3.63, 3.8) is 0 Å². The van der Waals surface area contributed by atoms with Gasteiger partial charge in [0, 0.05) is 19.6 Å². The highest BCUT2D eigenvalue weighted by atomic mass is 16.2. The van der Waals surface area contributed by atoms with Crippen LogP contribution in [0.1, 0.15) is 6.42 Å². The summed E-state index contributed by atoms with van der Waals surface area (Å²) in [6, 6.07) is 0. The Morgan fingerprint density at radius 1 is 0.824 bits per heavy atom. The zero-order valence-corrected chi connectivity index (χ0v) is 11.2. The van der Waals surface area contributed by atoms with Gasteiger partial charge in [-0.1, -0.05) is 0 Å². The van der Waals surface area contributed by atoms with Gasteiger partial charge in [0.2, 0.25) is 0 Å². The van der Waals surface area contributed by atoms with Gasteiger partial charge in [-0.2, -0.15) is 0 Å². The molecule has 0 atom stereocenters. The van der Waals surface area contributed by atoms with Crippen LogP contribution >= 0.6 is 0 Å². The normalized spacial score (nSPS) is 10.7. The lowest BCUT2D eigenvalue weighted by atomic mass is 10.4. The minimum absolute atomic E-state index is 0.483. The monoisotopic (exact) mass is 244 g/mol. The molecule has 0 fully saturated rings. The average Bonchev–Trinajstić information content (AvgIpc) is 2.23. The second-order valence-electron chi connectivity index (χ2n) is 4.47. The number of likely N-dealkylation sites (N-methyl/N-ethyl adjacent to an activating group) is 1.